The van der Waals surface area contributed by atoms with Crippen molar-refractivity contribution in [3.8, 4) is 11.1 Å². The second kappa shape index (κ2) is 10.9. The van der Waals surface area contributed by atoms with E-state index in [1.165, 1.54) is 32.4 Å². The van der Waals surface area contributed by atoms with Crippen molar-refractivity contribution < 1.29 is 4.79 Å². The van der Waals surface area contributed by atoms with Crippen molar-refractivity contribution in [2.75, 3.05) is 36.0 Å². The van der Waals surface area contributed by atoms with Crippen LogP contribution in [-0.4, -0.2) is 35.5 Å². The Morgan fingerprint density at radius 2 is 1.86 bits per heavy atom. The summed E-state index contributed by atoms with van der Waals surface area (Å²) < 4.78 is 1.15. The summed E-state index contributed by atoms with van der Waals surface area (Å²) in [5.41, 5.74) is 12.1. The van der Waals surface area contributed by atoms with Gasteiger partial charge in [-0.1, -0.05) is 42.8 Å². The topological polar surface area (TPSA) is 83.3 Å². The lowest BCUT2D eigenvalue weighted by Gasteiger charge is -2.24. The summed E-state index contributed by atoms with van der Waals surface area (Å²) in [7, 11) is 0. The van der Waals surface area contributed by atoms with Crippen LogP contribution in [0.5, 0.6) is 0 Å². The van der Waals surface area contributed by atoms with E-state index in [0.717, 1.165) is 50.3 Å². The molecular weight excluding hydrogens is 466 g/mol. The van der Waals surface area contributed by atoms with Crippen LogP contribution in [0.4, 0.5) is 22.0 Å². The van der Waals surface area contributed by atoms with Crippen LogP contribution in [0.2, 0.25) is 0 Å². The van der Waals surface area contributed by atoms with Gasteiger partial charge in [-0.05, 0) is 73.6 Å². The van der Waals surface area contributed by atoms with Gasteiger partial charge in [0.2, 0.25) is 0 Å². The molecule has 0 unspecified atom stereocenters. The highest BCUT2D eigenvalue weighted by Crippen LogP contribution is 2.39. The highest BCUT2D eigenvalue weighted by molar-refractivity contribution is 7.18. The number of thiophene rings is 1. The summed E-state index contributed by atoms with van der Waals surface area (Å²) >= 11 is 1.69. The number of piperidine rings is 1. The number of urea groups is 1. The van der Waals surface area contributed by atoms with E-state index in [1.54, 1.807) is 11.3 Å². The lowest BCUT2D eigenvalue weighted by molar-refractivity contribution is 0.252. The van der Waals surface area contributed by atoms with Crippen LogP contribution in [0, 0.1) is 6.92 Å². The molecule has 184 valence electrons. The van der Waals surface area contributed by atoms with E-state index >= 15 is 0 Å². The van der Waals surface area contributed by atoms with E-state index in [1.807, 2.05) is 61.7 Å². The highest BCUT2D eigenvalue weighted by atomic mass is 32.1. The zero-order chi connectivity index (χ0) is 24.9. The van der Waals surface area contributed by atoms with Crippen LogP contribution in [-0.2, 0) is 0 Å². The molecule has 5 rings (SSSR count). The van der Waals surface area contributed by atoms with Gasteiger partial charge < -0.3 is 16.4 Å². The van der Waals surface area contributed by atoms with Gasteiger partial charge in [0.25, 0.3) is 0 Å². The molecule has 0 atom stereocenters. The number of nitrogens with two attached hydrogens (primary N) is 1. The van der Waals surface area contributed by atoms with Gasteiger partial charge in [0.1, 0.15) is 5.82 Å². The first kappa shape index (κ1) is 24.0. The minimum atomic E-state index is -0.274. The molecule has 2 aromatic carbocycles. The molecule has 0 aliphatic carbocycles. The number of fused-ring (bicyclic) bond motifs is 1. The van der Waals surface area contributed by atoms with Gasteiger partial charge >= 0.3 is 6.03 Å². The van der Waals surface area contributed by atoms with Gasteiger partial charge in [-0.25, -0.2) is 9.78 Å². The van der Waals surface area contributed by atoms with Crippen LogP contribution in [0.25, 0.3) is 27.3 Å². The van der Waals surface area contributed by atoms with E-state index in [0.29, 0.717) is 5.82 Å². The Morgan fingerprint density at radius 1 is 1.08 bits per heavy atom. The maximum Gasteiger partial charge on any atom is 0.323 e. The Balaban J connectivity index is 1.30. The fourth-order valence-electron chi connectivity index (χ4n) is 4.64. The number of likely N-dealkylation sites (tertiary alicyclic amines) is 1. The number of carbonyl (C=O) groups is 1. The number of carbonyl (C=O) groups excluding carboxylic acids is 1. The number of nitrogens with zero attached hydrogens (tertiary/aromatic N) is 2. The second-order valence-electron chi connectivity index (χ2n) is 9.24. The molecule has 36 heavy (non-hydrogen) atoms. The zero-order valence-electron chi connectivity index (χ0n) is 20.5. The van der Waals surface area contributed by atoms with E-state index in [4.69, 9.17) is 5.73 Å². The molecular formula is C29H31N5OS. The quantitative estimate of drug-likeness (QED) is 0.268. The number of benzene rings is 2. The van der Waals surface area contributed by atoms with E-state index in [-0.39, 0.29) is 6.03 Å². The fraction of sp³-hybridized carbons (Fsp3) is 0.241. The Morgan fingerprint density at radius 3 is 2.64 bits per heavy atom. The molecule has 7 heteroatoms. The van der Waals surface area contributed by atoms with Crippen molar-refractivity contribution in [2.45, 2.75) is 26.2 Å². The number of nitrogens with one attached hydrogen (secondary N) is 2. The average Bonchev–Trinajstić information content (AvgIpc) is 3.33. The minimum absolute atomic E-state index is 0.274. The Labute approximate surface area is 215 Å². The predicted molar refractivity (Wildman–Crippen MR) is 153 cm³/mol. The van der Waals surface area contributed by atoms with Crippen molar-refractivity contribution >= 4 is 50.7 Å². The summed E-state index contributed by atoms with van der Waals surface area (Å²) in [4.78, 5) is 19.4. The van der Waals surface area contributed by atoms with Gasteiger partial charge in [0.15, 0.2) is 0 Å². The third kappa shape index (κ3) is 5.58. The number of nitrogen functional groups attached to an aromatic ring is 1. The molecule has 0 radical (unpaired) electrons. The first-order chi connectivity index (χ1) is 17.6. The Hall–Kier alpha value is -3.68. The monoisotopic (exact) mass is 497 g/mol. The van der Waals surface area contributed by atoms with Crippen molar-refractivity contribution in [3.63, 3.8) is 0 Å². The molecule has 0 spiro atoms. The molecule has 2 amide bonds. The molecule has 4 aromatic rings. The van der Waals surface area contributed by atoms with Gasteiger partial charge in [0, 0.05) is 45.3 Å². The summed E-state index contributed by atoms with van der Waals surface area (Å²) in [6, 6.07) is 15.2. The average molecular weight is 498 g/mol. The summed E-state index contributed by atoms with van der Waals surface area (Å²) in [6.45, 7) is 5.33. The smallest absolute Gasteiger partial charge is 0.323 e. The van der Waals surface area contributed by atoms with Crippen molar-refractivity contribution in [1.82, 2.24) is 9.88 Å². The van der Waals surface area contributed by atoms with E-state index in [2.05, 4.69) is 38.0 Å². The van der Waals surface area contributed by atoms with Crippen molar-refractivity contribution in [1.29, 1.82) is 0 Å². The summed E-state index contributed by atoms with van der Waals surface area (Å²) in [5.74, 6) is 0.536. The van der Waals surface area contributed by atoms with E-state index in [9.17, 15) is 4.79 Å². The lowest BCUT2D eigenvalue weighted by Crippen LogP contribution is -2.29. The number of hydrogen-bond donors (Lipinski definition) is 3. The number of hydrogen-bond acceptors (Lipinski definition) is 5. The molecule has 1 fully saturated rings. The predicted octanol–water partition coefficient (Wildman–Crippen LogP) is 7.00. The van der Waals surface area contributed by atoms with Crippen molar-refractivity contribution in [3.05, 3.63) is 77.3 Å². The zero-order valence-corrected chi connectivity index (χ0v) is 21.3. The summed E-state index contributed by atoms with van der Waals surface area (Å²) in [5, 5.41) is 8.88. The number of amides is 2. The Kier molecular flexibility index (Phi) is 7.30. The van der Waals surface area contributed by atoms with E-state index < -0.39 is 0 Å². The molecule has 1 saturated heterocycles. The molecule has 6 nitrogen and oxygen atoms in total. The molecule has 0 saturated carbocycles. The fourth-order valence-corrected chi connectivity index (χ4v) is 5.72. The highest BCUT2D eigenvalue weighted by Gasteiger charge is 2.14. The van der Waals surface area contributed by atoms with Gasteiger partial charge in [0.05, 0.1) is 0 Å². The lowest BCUT2D eigenvalue weighted by atomic mass is 10.0. The SMILES string of the molecule is Cc1cccc(NC(=O)Nc2ccc(-c3csc4c(C=CCN5CCCCC5)cnc(N)c34)cc2)c1. The van der Waals surface area contributed by atoms with Gasteiger partial charge in [-0.2, -0.15) is 0 Å². The molecule has 2 aromatic heterocycles. The van der Waals surface area contributed by atoms with Crippen LogP contribution in [0.15, 0.2) is 66.2 Å². The second-order valence-corrected chi connectivity index (χ2v) is 10.1. The van der Waals surface area contributed by atoms with Gasteiger partial charge in [-0.3, -0.25) is 4.90 Å². The standard InChI is InChI=1S/C29H31N5OS/c1-20-7-5-9-24(17-20)33-29(35)32-23-12-10-21(11-13-23)25-19-36-27-22(18-31-28(30)26(25)27)8-6-16-34-14-3-2-4-15-34/h5-13,17-19H,2-4,14-16H2,1H3,(H2,30,31)(H2,32,33,35). The molecule has 4 N–H and O–H groups in total. The maximum atomic E-state index is 12.4. The maximum absolute atomic E-state index is 12.4. The third-order valence-electron chi connectivity index (χ3n) is 6.49. The normalized spacial score (nSPS) is 14.4. The number of aromatic nitrogens is 1. The first-order valence-electron chi connectivity index (χ1n) is 12.4. The first-order valence-corrected chi connectivity index (χ1v) is 13.2. The number of aryl methyl sites for hydroxylation is 1. The third-order valence-corrected chi connectivity index (χ3v) is 7.52. The summed E-state index contributed by atoms with van der Waals surface area (Å²) in [6.07, 6.45) is 10.2. The Bertz CT molecular complexity index is 1390. The number of pyridine rings is 1. The molecule has 1 aliphatic heterocycles. The van der Waals surface area contributed by atoms with Crippen LogP contribution < -0.4 is 16.4 Å². The molecule has 0 bridgehead atoms. The minimum Gasteiger partial charge on any atom is -0.383 e. The van der Waals surface area contributed by atoms with Crippen LogP contribution in [0.1, 0.15) is 30.4 Å². The molecule has 1 aliphatic rings. The van der Waals surface area contributed by atoms with Crippen LogP contribution in [0.3, 0.4) is 0 Å². The van der Waals surface area contributed by atoms with Gasteiger partial charge in [-0.15, -0.1) is 11.3 Å². The number of rotatable bonds is 6. The largest absolute Gasteiger partial charge is 0.383 e. The van der Waals surface area contributed by atoms with Crippen LogP contribution >= 0.6 is 11.3 Å². The number of anilines is 3. The molecule has 3 heterocycles. The van der Waals surface area contributed by atoms with Crippen molar-refractivity contribution in [2.24, 2.45) is 0 Å².